The van der Waals surface area contributed by atoms with Gasteiger partial charge >= 0.3 is 0 Å². The van der Waals surface area contributed by atoms with Crippen molar-refractivity contribution in [3.8, 4) is 0 Å². The second-order valence-electron chi connectivity index (χ2n) is 5.07. The normalized spacial score (nSPS) is 16.4. The lowest BCUT2D eigenvalue weighted by molar-refractivity contribution is -0.120. The van der Waals surface area contributed by atoms with E-state index in [2.05, 4.69) is 27.8 Å². The van der Waals surface area contributed by atoms with E-state index in [0.717, 1.165) is 27.1 Å². The summed E-state index contributed by atoms with van der Waals surface area (Å²) in [5, 5.41) is 13.6. The van der Waals surface area contributed by atoms with Crippen molar-refractivity contribution in [1.82, 2.24) is 10.2 Å². The number of anilines is 2. The highest BCUT2D eigenvalue weighted by Gasteiger charge is 2.29. The van der Waals surface area contributed by atoms with Crippen molar-refractivity contribution in [2.45, 2.75) is 34.3 Å². The van der Waals surface area contributed by atoms with Gasteiger partial charge in [-0.1, -0.05) is 42.2 Å². The van der Waals surface area contributed by atoms with Crippen molar-refractivity contribution < 1.29 is 9.59 Å². The maximum absolute atomic E-state index is 12.2. The fraction of sp³-hybridized carbons (Fsp3) is 0.333. The van der Waals surface area contributed by atoms with Gasteiger partial charge in [0.25, 0.3) is 0 Å². The molecule has 0 aliphatic carbocycles. The average Bonchev–Trinajstić information content (AvgIpc) is 3.01. The maximum Gasteiger partial charge on any atom is 0.238 e. The largest absolute Gasteiger partial charge is 0.324 e. The molecule has 2 amide bonds. The van der Waals surface area contributed by atoms with Crippen LogP contribution in [0.3, 0.4) is 0 Å². The van der Waals surface area contributed by atoms with Crippen LogP contribution in [0.4, 0.5) is 10.8 Å². The van der Waals surface area contributed by atoms with E-state index in [1.54, 1.807) is 11.8 Å². The molecule has 1 aromatic heterocycles. The lowest BCUT2D eigenvalue weighted by Crippen LogP contribution is -2.32. The maximum atomic E-state index is 12.2. The molecule has 2 heterocycles. The molecule has 24 heavy (non-hydrogen) atoms. The molecule has 1 aliphatic rings. The molecule has 2 aromatic rings. The number of para-hydroxylation sites is 1. The minimum atomic E-state index is -0.443. The number of nitrogens with one attached hydrogen (secondary N) is 2. The Balaban J connectivity index is 1.57. The van der Waals surface area contributed by atoms with Gasteiger partial charge in [-0.15, -0.1) is 22.0 Å². The number of benzene rings is 1. The summed E-state index contributed by atoms with van der Waals surface area (Å²) < 4.78 is 0.839. The Morgan fingerprint density at radius 3 is 3.04 bits per heavy atom. The van der Waals surface area contributed by atoms with Gasteiger partial charge in [0.15, 0.2) is 4.34 Å². The van der Waals surface area contributed by atoms with Gasteiger partial charge in [-0.25, -0.2) is 0 Å². The molecule has 2 N–H and O–H groups in total. The summed E-state index contributed by atoms with van der Waals surface area (Å²) in [4.78, 5) is 25.3. The first-order valence-electron chi connectivity index (χ1n) is 7.48. The zero-order chi connectivity index (χ0) is 16.9. The molecule has 0 saturated heterocycles. The van der Waals surface area contributed by atoms with Gasteiger partial charge in [0.2, 0.25) is 16.9 Å². The fourth-order valence-corrected chi connectivity index (χ4v) is 4.88. The van der Waals surface area contributed by atoms with Crippen molar-refractivity contribution in [1.29, 1.82) is 0 Å². The van der Waals surface area contributed by atoms with Crippen LogP contribution < -0.4 is 10.6 Å². The minimum Gasteiger partial charge on any atom is -0.324 e. The number of amides is 2. The van der Waals surface area contributed by atoms with Gasteiger partial charge in [-0.05, 0) is 18.6 Å². The number of carbonyl (C=O) groups is 2. The van der Waals surface area contributed by atoms with E-state index in [1.807, 2.05) is 24.3 Å². The van der Waals surface area contributed by atoms with Crippen molar-refractivity contribution in [2.75, 3.05) is 16.4 Å². The third kappa shape index (κ3) is 4.28. The summed E-state index contributed by atoms with van der Waals surface area (Å²) in [6, 6.07) is 7.58. The fourth-order valence-electron chi connectivity index (χ4n) is 2.07. The number of thioether (sulfide) groups is 2. The smallest absolute Gasteiger partial charge is 0.238 e. The first-order chi connectivity index (χ1) is 11.7. The molecular formula is C15H16N4O2S3. The Morgan fingerprint density at radius 1 is 1.38 bits per heavy atom. The summed E-state index contributed by atoms with van der Waals surface area (Å²) in [7, 11) is 0. The second kappa shape index (κ2) is 8.00. The van der Waals surface area contributed by atoms with Crippen LogP contribution in [0.2, 0.25) is 0 Å². The van der Waals surface area contributed by atoms with Gasteiger partial charge in [0, 0.05) is 17.1 Å². The van der Waals surface area contributed by atoms with Crippen molar-refractivity contribution >= 4 is 57.5 Å². The number of hydrogen-bond acceptors (Lipinski definition) is 7. The molecule has 6 nitrogen and oxygen atoms in total. The molecule has 1 aromatic carbocycles. The molecule has 0 fully saturated rings. The molecule has 3 rings (SSSR count). The summed E-state index contributed by atoms with van der Waals surface area (Å²) in [5.41, 5.74) is 0.797. The monoisotopic (exact) mass is 380 g/mol. The zero-order valence-electron chi connectivity index (χ0n) is 12.9. The molecule has 0 radical (unpaired) electrons. The highest BCUT2D eigenvalue weighted by atomic mass is 32.2. The average molecular weight is 381 g/mol. The van der Waals surface area contributed by atoms with E-state index in [1.165, 1.54) is 23.1 Å². The number of fused-ring (bicyclic) bond motifs is 1. The quantitative estimate of drug-likeness (QED) is 0.590. The van der Waals surface area contributed by atoms with Crippen LogP contribution in [0.1, 0.15) is 19.8 Å². The van der Waals surface area contributed by atoms with Crippen LogP contribution >= 0.6 is 34.9 Å². The van der Waals surface area contributed by atoms with Crippen molar-refractivity contribution in [2.24, 2.45) is 0 Å². The molecule has 0 bridgehead atoms. The molecular weight excluding hydrogens is 364 g/mol. The summed E-state index contributed by atoms with van der Waals surface area (Å²) in [6.07, 6.45) is 1.16. The minimum absolute atomic E-state index is 0.0991. The van der Waals surface area contributed by atoms with E-state index in [0.29, 0.717) is 5.13 Å². The van der Waals surface area contributed by atoms with E-state index in [-0.39, 0.29) is 18.2 Å². The van der Waals surface area contributed by atoms with Crippen LogP contribution in [0.15, 0.2) is 33.5 Å². The van der Waals surface area contributed by atoms with Gasteiger partial charge in [0.05, 0.1) is 10.9 Å². The third-order valence-corrected chi connectivity index (χ3v) is 6.61. The van der Waals surface area contributed by atoms with E-state index in [9.17, 15) is 9.59 Å². The lowest BCUT2D eigenvalue weighted by Gasteiger charge is -2.23. The molecule has 1 atom stereocenters. The first kappa shape index (κ1) is 17.2. The molecule has 1 aliphatic heterocycles. The number of aromatic nitrogens is 2. The predicted octanol–water partition coefficient (Wildman–Crippen LogP) is 3.48. The van der Waals surface area contributed by atoms with Crippen molar-refractivity contribution in [3.63, 3.8) is 0 Å². The van der Waals surface area contributed by atoms with Gasteiger partial charge in [-0.3, -0.25) is 9.59 Å². The Bertz CT molecular complexity index is 750. The highest BCUT2D eigenvalue weighted by Crippen LogP contribution is 2.36. The lowest BCUT2D eigenvalue weighted by atomic mass is 10.2. The van der Waals surface area contributed by atoms with E-state index >= 15 is 0 Å². The Kier molecular flexibility index (Phi) is 5.75. The van der Waals surface area contributed by atoms with Crippen LogP contribution in [-0.4, -0.2) is 33.0 Å². The van der Waals surface area contributed by atoms with Crippen LogP contribution in [0, 0.1) is 0 Å². The topological polar surface area (TPSA) is 84.0 Å². The second-order valence-corrected chi connectivity index (χ2v) is 8.63. The van der Waals surface area contributed by atoms with Crippen LogP contribution in [0.5, 0.6) is 0 Å². The predicted molar refractivity (Wildman–Crippen MR) is 98.9 cm³/mol. The van der Waals surface area contributed by atoms with Crippen LogP contribution in [0.25, 0.3) is 0 Å². The first-order valence-corrected chi connectivity index (χ1v) is 10.2. The van der Waals surface area contributed by atoms with Crippen LogP contribution in [-0.2, 0) is 9.59 Å². The molecule has 0 spiro atoms. The summed E-state index contributed by atoms with van der Waals surface area (Å²) in [6.45, 7) is 2.10. The Morgan fingerprint density at radius 2 is 2.21 bits per heavy atom. The standard InChI is InChI=1S/C15H16N4O2S3/c1-2-7-22-15-19-18-14(24-15)17-12(20)8-11-13(21)16-9-5-3-4-6-10(9)23-11/h3-6,11H,2,7-8H2,1H3,(H,16,21)(H,17,18,20). The summed E-state index contributed by atoms with van der Waals surface area (Å²) >= 11 is 4.39. The van der Waals surface area contributed by atoms with Crippen molar-refractivity contribution in [3.05, 3.63) is 24.3 Å². The number of hydrogen-bond donors (Lipinski definition) is 2. The highest BCUT2D eigenvalue weighted by molar-refractivity contribution is 8.01. The van der Waals surface area contributed by atoms with Gasteiger partial charge < -0.3 is 10.6 Å². The van der Waals surface area contributed by atoms with Gasteiger partial charge in [-0.2, -0.15) is 0 Å². The Labute approximate surface area is 152 Å². The number of rotatable bonds is 6. The molecule has 9 heteroatoms. The molecule has 0 saturated carbocycles. The Hall–Kier alpha value is -1.58. The third-order valence-electron chi connectivity index (χ3n) is 3.16. The molecule has 1 unspecified atom stereocenters. The number of carbonyl (C=O) groups excluding carboxylic acids is 2. The SMILES string of the molecule is CCCSc1nnc(NC(=O)CC2Sc3ccccc3NC2=O)s1. The summed E-state index contributed by atoms with van der Waals surface area (Å²) in [5.74, 6) is 0.594. The van der Waals surface area contributed by atoms with E-state index < -0.39 is 5.25 Å². The number of nitrogens with zero attached hydrogens (tertiary/aromatic N) is 2. The zero-order valence-corrected chi connectivity index (χ0v) is 15.4. The van der Waals surface area contributed by atoms with Gasteiger partial charge in [0.1, 0.15) is 0 Å². The van der Waals surface area contributed by atoms with E-state index in [4.69, 9.17) is 0 Å². The molecule has 126 valence electrons.